The van der Waals surface area contributed by atoms with Crippen LogP contribution in [0.4, 0.5) is 0 Å². The molecule has 3 aliphatic rings. The van der Waals surface area contributed by atoms with Crippen molar-refractivity contribution in [2.75, 3.05) is 5.75 Å². The Morgan fingerprint density at radius 2 is 2.03 bits per heavy atom. The monoisotopic (exact) mass is 434 g/mol. The predicted molar refractivity (Wildman–Crippen MR) is 118 cm³/mol. The summed E-state index contributed by atoms with van der Waals surface area (Å²) in [6, 6.07) is 11.1. The van der Waals surface area contributed by atoms with Crippen molar-refractivity contribution in [1.29, 1.82) is 5.26 Å². The number of aromatic nitrogens is 4. The highest BCUT2D eigenvalue weighted by Gasteiger charge is 2.27. The molecule has 0 bridgehead atoms. The molecule has 0 amide bonds. The first-order valence-corrected chi connectivity index (χ1v) is 11.1. The fourth-order valence-electron chi connectivity index (χ4n) is 3.78. The largest absolute Gasteiger partial charge is 0.401 e. The Labute approximate surface area is 183 Å². The third-order valence-corrected chi connectivity index (χ3v) is 6.26. The highest BCUT2D eigenvalue weighted by molar-refractivity contribution is 7.99. The van der Waals surface area contributed by atoms with Gasteiger partial charge in [0, 0.05) is 17.9 Å². The number of nitrogens with two attached hydrogens (primary N) is 1. The van der Waals surface area contributed by atoms with Crippen LogP contribution in [0.5, 0.6) is 0 Å². The van der Waals surface area contributed by atoms with Gasteiger partial charge in [0.2, 0.25) is 0 Å². The van der Waals surface area contributed by atoms with Crippen LogP contribution in [0.3, 0.4) is 0 Å². The third-order valence-electron chi connectivity index (χ3n) is 5.28. The van der Waals surface area contributed by atoms with Crippen molar-refractivity contribution in [1.82, 2.24) is 19.3 Å². The SMILES string of the molecule is C/C(N)=C(\C#N)C(=O)CSc1nc2nn(-c3ccccc3)c(=O)c-2c2n1CCCCC2. The second-order valence-corrected chi connectivity index (χ2v) is 8.38. The number of hydrogen-bond donors (Lipinski definition) is 1. The number of thioether (sulfide) groups is 1. The molecular formula is C22H22N6O2S. The van der Waals surface area contributed by atoms with Crippen LogP contribution in [0.15, 0.2) is 51.6 Å². The number of carbonyl (C=O) groups excluding carboxylic acids is 1. The molecule has 1 aromatic rings. The van der Waals surface area contributed by atoms with E-state index >= 15 is 0 Å². The minimum atomic E-state index is -0.336. The van der Waals surface area contributed by atoms with E-state index in [9.17, 15) is 14.9 Å². The van der Waals surface area contributed by atoms with Gasteiger partial charge in [-0.2, -0.15) is 9.94 Å². The normalized spacial score (nSPS) is 14.5. The van der Waals surface area contributed by atoms with Crippen molar-refractivity contribution in [3.8, 4) is 23.1 Å². The minimum Gasteiger partial charge on any atom is -0.401 e. The summed E-state index contributed by atoms with van der Waals surface area (Å²) in [4.78, 5) is 30.3. The number of nitrogens with zero attached hydrogens (tertiary/aromatic N) is 5. The van der Waals surface area contributed by atoms with E-state index in [1.54, 1.807) is 0 Å². The van der Waals surface area contributed by atoms with E-state index in [0.717, 1.165) is 37.9 Å². The third kappa shape index (κ3) is 3.99. The summed E-state index contributed by atoms with van der Waals surface area (Å²) in [5.41, 5.74) is 7.79. The van der Waals surface area contributed by atoms with Gasteiger partial charge in [-0.05, 0) is 38.3 Å². The Morgan fingerprint density at radius 1 is 1.26 bits per heavy atom. The van der Waals surface area contributed by atoms with Gasteiger partial charge in [0.25, 0.3) is 5.56 Å². The Morgan fingerprint density at radius 3 is 2.74 bits per heavy atom. The zero-order valence-electron chi connectivity index (χ0n) is 17.2. The minimum absolute atomic E-state index is 0.0279. The quantitative estimate of drug-likeness (QED) is 0.284. The van der Waals surface area contributed by atoms with Crippen LogP contribution in [-0.4, -0.2) is 30.9 Å². The van der Waals surface area contributed by atoms with Crippen molar-refractivity contribution in [3.63, 3.8) is 0 Å². The first-order chi connectivity index (χ1) is 15.0. The highest BCUT2D eigenvalue weighted by Crippen LogP contribution is 2.30. The fraction of sp³-hybridized carbons (Fsp3) is 0.318. The second-order valence-electron chi connectivity index (χ2n) is 7.44. The van der Waals surface area contributed by atoms with E-state index in [1.165, 1.54) is 23.4 Å². The molecule has 1 aromatic carbocycles. The average Bonchev–Trinajstić information content (AvgIpc) is 2.93. The smallest absolute Gasteiger partial charge is 0.284 e. The molecule has 8 nitrogen and oxygen atoms in total. The maximum Gasteiger partial charge on any atom is 0.284 e. The summed E-state index contributed by atoms with van der Waals surface area (Å²) >= 11 is 1.25. The van der Waals surface area contributed by atoms with Crippen molar-refractivity contribution in [2.45, 2.75) is 44.3 Å². The lowest BCUT2D eigenvalue weighted by molar-refractivity contribution is -0.112. The molecule has 3 heterocycles. The number of fused-ring (bicyclic) bond motifs is 3. The summed E-state index contributed by atoms with van der Waals surface area (Å²) < 4.78 is 3.42. The number of carbonyl (C=O) groups is 1. The van der Waals surface area contributed by atoms with Gasteiger partial charge in [-0.15, -0.1) is 5.10 Å². The molecule has 0 saturated heterocycles. The van der Waals surface area contributed by atoms with Gasteiger partial charge >= 0.3 is 0 Å². The van der Waals surface area contributed by atoms with Crippen LogP contribution in [0.25, 0.3) is 17.1 Å². The molecule has 9 heteroatoms. The van der Waals surface area contributed by atoms with E-state index in [4.69, 9.17) is 5.73 Å². The average molecular weight is 435 g/mol. The van der Waals surface area contributed by atoms with E-state index in [2.05, 4.69) is 10.1 Å². The molecule has 0 saturated carbocycles. The number of hydrogen-bond acceptors (Lipinski definition) is 7. The molecule has 158 valence electrons. The van der Waals surface area contributed by atoms with E-state index < -0.39 is 0 Å². The Balaban J connectivity index is 1.80. The zero-order chi connectivity index (χ0) is 22.0. The Bertz CT molecular complexity index is 1230. The summed E-state index contributed by atoms with van der Waals surface area (Å²) in [7, 11) is 0. The first kappa shape index (κ1) is 20.9. The van der Waals surface area contributed by atoms with Gasteiger partial charge in [0.15, 0.2) is 16.8 Å². The van der Waals surface area contributed by atoms with Crippen molar-refractivity contribution in [2.24, 2.45) is 5.73 Å². The molecule has 0 radical (unpaired) electrons. The number of nitriles is 1. The van der Waals surface area contributed by atoms with Gasteiger partial charge in [0.1, 0.15) is 17.2 Å². The number of Topliss-reactive ketones (excluding diaryl/α,β-unsaturated/α-hetero) is 1. The Hall–Kier alpha value is -3.38. The fourth-order valence-corrected chi connectivity index (χ4v) is 4.69. The number of benzene rings is 1. The van der Waals surface area contributed by atoms with Crippen LogP contribution in [0.2, 0.25) is 0 Å². The number of rotatable bonds is 5. The first-order valence-electron chi connectivity index (χ1n) is 10.1. The molecule has 0 fully saturated rings. The van der Waals surface area contributed by atoms with E-state index in [-0.39, 0.29) is 28.4 Å². The zero-order valence-corrected chi connectivity index (χ0v) is 18.0. The topological polar surface area (TPSA) is 120 Å². The molecule has 0 spiro atoms. The van der Waals surface area contributed by atoms with Crippen LogP contribution < -0.4 is 11.3 Å². The molecule has 0 aromatic heterocycles. The lowest BCUT2D eigenvalue weighted by Crippen LogP contribution is -2.19. The molecule has 4 rings (SSSR count). The molecule has 3 aliphatic heterocycles. The lowest BCUT2D eigenvalue weighted by Gasteiger charge is -2.17. The number of ketones is 1. The summed E-state index contributed by atoms with van der Waals surface area (Å²) in [6.07, 6.45) is 3.76. The number of para-hydroxylation sites is 1. The van der Waals surface area contributed by atoms with Gasteiger partial charge < -0.3 is 10.3 Å². The van der Waals surface area contributed by atoms with Gasteiger partial charge in [-0.1, -0.05) is 36.4 Å². The highest BCUT2D eigenvalue weighted by atomic mass is 32.2. The van der Waals surface area contributed by atoms with Crippen molar-refractivity contribution < 1.29 is 4.79 Å². The maximum atomic E-state index is 13.2. The van der Waals surface area contributed by atoms with E-state index in [1.807, 2.05) is 41.0 Å². The van der Waals surface area contributed by atoms with Crippen LogP contribution in [0, 0.1) is 11.3 Å². The van der Waals surface area contributed by atoms with Gasteiger partial charge in [0.05, 0.1) is 11.4 Å². The van der Waals surface area contributed by atoms with E-state index in [0.29, 0.717) is 22.2 Å². The van der Waals surface area contributed by atoms with Crippen LogP contribution in [-0.2, 0) is 17.8 Å². The summed E-state index contributed by atoms with van der Waals surface area (Å²) in [5.74, 6) is 0.0821. The standard InChI is InChI=1S/C22H22N6O2S/c1-14(24)16(12-23)18(29)13-31-22-25-20-19(17-10-6-3-7-11-27(17)22)21(30)28(26-20)15-8-4-2-5-9-15/h2,4-5,8-9H,3,6-7,10-11,13,24H2,1H3/b16-14-. The molecule has 31 heavy (non-hydrogen) atoms. The van der Waals surface area contributed by atoms with Gasteiger partial charge in [-0.25, -0.2) is 4.98 Å². The van der Waals surface area contributed by atoms with Crippen molar-refractivity contribution in [3.05, 3.63) is 57.6 Å². The van der Waals surface area contributed by atoms with Crippen LogP contribution >= 0.6 is 11.8 Å². The molecule has 0 unspecified atom stereocenters. The summed E-state index contributed by atoms with van der Waals surface area (Å²) in [5, 5.41) is 14.3. The van der Waals surface area contributed by atoms with Crippen LogP contribution in [0.1, 0.15) is 31.9 Å². The second kappa shape index (κ2) is 8.78. The molecule has 2 N–H and O–H groups in total. The summed E-state index contributed by atoms with van der Waals surface area (Å²) in [6.45, 7) is 2.26. The Kier molecular flexibility index (Phi) is 5.91. The van der Waals surface area contributed by atoms with Gasteiger partial charge in [-0.3, -0.25) is 9.59 Å². The number of allylic oxidation sites excluding steroid dienone is 2. The predicted octanol–water partition coefficient (Wildman–Crippen LogP) is 2.68. The van der Waals surface area contributed by atoms with Crippen molar-refractivity contribution >= 4 is 17.5 Å². The lowest BCUT2D eigenvalue weighted by atomic mass is 10.1. The molecular weight excluding hydrogens is 412 g/mol. The molecule has 0 atom stereocenters. The molecule has 0 aliphatic carbocycles. The maximum absolute atomic E-state index is 13.2.